The second kappa shape index (κ2) is 10.9. The number of rotatable bonds is 8. The van der Waals surface area contributed by atoms with Crippen molar-refractivity contribution in [1.82, 2.24) is 24.8 Å². The molecule has 4 aromatic rings. The van der Waals surface area contributed by atoms with Crippen molar-refractivity contribution in [2.75, 3.05) is 44.6 Å². The highest BCUT2D eigenvalue weighted by Crippen LogP contribution is 2.25. The summed E-state index contributed by atoms with van der Waals surface area (Å²) in [7, 11) is 0. The number of aromatic amines is 1. The van der Waals surface area contributed by atoms with E-state index < -0.39 is 0 Å². The van der Waals surface area contributed by atoms with Crippen LogP contribution in [0.3, 0.4) is 0 Å². The van der Waals surface area contributed by atoms with Crippen molar-refractivity contribution in [3.8, 4) is 0 Å². The summed E-state index contributed by atoms with van der Waals surface area (Å²) in [5.74, 6) is 0.222. The number of fused-ring (bicyclic) bond motifs is 1. The normalized spacial score (nSPS) is 14.2. The van der Waals surface area contributed by atoms with Gasteiger partial charge in [-0.1, -0.05) is 23.7 Å². The number of hydrogen-bond donors (Lipinski definition) is 2. The van der Waals surface area contributed by atoms with Gasteiger partial charge in [0.25, 0.3) is 0 Å². The van der Waals surface area contributed by atoms with E-state index in [1.165, 1.54) is 5.56 Å². The SMILES string of the molecule is O=C(c1ccc2c(Cl)c[nH]c2c1)c1cccnc1NCC(=O)N1CCN(CCc2ccncc2)CC1. The highest BCUT2D eigenvalue weighted by molar-refractivity contribution is 6.35. The quantitative estimate of drug-likeness (QED) is 0.357. The molecule has 0 saturated carbocycles. The maximum atomic E-state index is 13.2. The summed E-state index contributed by atoms with van der Waals surface area (Å²) >= 11 is 6.15. The summed E-state index contributed by atoms with van der Waals surface area (Å²) in [6.45, 7) is 4.10. The minimum atomic E-state index is -0.173. The van der Waals surface area contributed by atoms with Crippen LogP contribution in [-0.2, 0) is 11.2 Å². The van der Waals surface area contributed by atoms with Crippen LogP contribution in [0.15, 0.2) is 67.3 Å². The van der Waals surface area contributed by atoms with Crippen molar-refractivity contribution < 1.29 is 9.59 Å². The van der Waals surface area contributed by atoms with Gasteiger partial charge < -0.3 is 15.2 Å². The van der Waals surface area contributed by atoms with Crippen LogP contribution in [0.2, 0.25) is 5.02 Å². The Bertz CT molecular complexity index is 1370. The summed E-state index contributed by atoms with van der Waals surface area (Å²) in [6.07, 6.45) is 7.91. The minimum absolute atomic E-state index is 0.00437. The second-order valence-electron chi connectivity index (χ2n) is 8.81. The van der Waals surface area contributed by atoms with Gasteiger partial charge in [-0.05, 0) is 42.3 Å². The van der Waals surface area contributed by atoms with E-state index in [-0.39, 0.29) is 18.2 Å². The van der Waals surface area contributed by atoms with Gasteiger partial charge in [-0.15, -0.1) is 0 Å². The molecule has 36 heavy (non-hydrogen) atoms. The lowest BCUT2D eigenvalue weighted by molar-refractivity contribution is -0.131. The van der Waals surface area contributed by atoms with Gasteiger partial charge in [0.1, 0.15) is 5.82 Å². The Balaban J connectivity index is 1.16. The Morgan fingerprint density at radius 2 is 1.83 bits per heavy atom. The third kappa shape index (κ3) is 5.40. The Hall–Kier alpha value is -3.75. The van der Waals surface area contributed by atoms with Crippen LogP contribution < -0.4 is 5.32 Å². The number of benzene rings is 1. The lowest BCUT2D eigenvalue weighted by atomic mass is 10.0. The molecule has 1 aliphatic heterocycles. The maximum absolute atomic E-state index is 13.2. The fourth-order valence-electron chi connectivity index (χ4n) is 4.45. The van der Waals surface area contributed by atoms with Crippen molar-refractivity contribution in [1.29, 1.82) is 0 Å². The maximum Gasteiger partial charge on any atom is 0.242 e. The van der Waals surface area contributed by atoms with Crippen LogP contribution in [-0.4, -0.2) is 75.7 Å². The highest BCUT2D eigenvalue weighted by Gasteiger charge is 2.22. The van der Waals surface area contributed by atoms with Gasteiger partial charge in [-0.25, -0.2) is 4.98 Å². The molecule has 1 amide bonds. The average molecular weight is 503 g/mol. The molecule has 8 nitrogen and oxygen atoms in total. The molecule has 3 aromatic heterocycles. The van der Waals surface area contributed by atoms with Gasteiger partial charge in [-0.3, -0.25) is 19.5 Å². The predicted molar refractivity (Wildman–Crippen MR) is 140 cm³/mol. The predicted octanol–water partition coefficient (Wildman–Crippen LogP) is 3.64. The van der Waals surface area contributed by atoms with E-state index in [1.54, 1.807) is 36.7 Å². The number of H-pyrrole nitrogens is 1. The monoisotopic (exact) mass is 502 g/mol. The first-order chi connectivity index (χ1) is 17.6. The highest BCUT2D eigenvalue weighted by atomic mass is 35.5. The van der Waals surface area contributed by atoms with Crippen molar-refractivity contribution in [3.05, 3.63) is 89.0 Å². The number of anilines is 1. The molecule has 5 rings (SSSR count). The number of ketones is 1. The van der Waals surface area contributed by atoms with E-state index >= 15 is 0 Å². The molecule has 9 heteroatoms. The zero-order valence-electron chi connectivity index (χ0n) is 19.8. The molecule has 0 radical (unpaired) electrons. The number of hydrogen-bond acceptors (Lipinski definition) is 6. The lowest BCUT2D eigenvalue weighted by Crippen LogP contribution is -2.50. The topological polar surface area (TPSA) is 94.2 Å². The van der Waals surface area contributed by atoms with Crippen molar-refractivity contribution in [2.45, 2.75) is 6.42 Å². The molecule has 1 aliphatic rings. The molecule has 0 bridgehead atoms. The van der Waals surface area contributed by atoms with Crippen molar-refractivity contribution >= 4 is 40.0 Å². The summed E-state index contributed by atoms with van der Waals surface area (Å²) in [6, 6.07) is 12.9. The van der Waals surface area contributed by atoms with Crippen LogP contribution in [0.1, 0.15) is 21.5 Å². The average Bonchev–Trinajstić information content (AvgIpc) is 3.31. The Morgan fingerprint density at radius 3 is 2.64 bits per heavy atom. The summed E-state index contributed by atoms with van der Waals surface area (Å²) < 4.78 is 0. The van der Waals surface area contributed by atoms with Crippen LogP contribution in [0, 0.1) is 0 Å². The lowest BCUT2D eigenvalue weighted by Gasteiger charge is -2.34. The van der Waals surface area contributed by atoms with Crippen LogP contribution in [0.4, 0.5) is 5.82 Å². The van der Waals surface area contributed by atoms with Crippen LogP contribution in [0.5, 0.6) is 0 Å². The number of nitrogens with one attached hydrogen (secondary N) is 2. The van der Waals surface area contributed by atoms with E-state index in [1.807, 2.05) is 35.5 Å². The second-order valence-corrected chi connectivity index (χ2v) is 9.21. The third-order valence-corrected chi connectivity index (χ3v) is 6.86. The van der Waals surface area contributed by atoms with Gasteiger partial charge in [0.2, 0.25) is 5.91 Å². The summed E-state index contributed by atoms with van der Waals surface area (Å²) in [5.41, 5.74) is 3.00. The van der Waals surface area contributed by atoms with E-state index in [0.29, 0.717) is 35.1 Å². The van der Waals surface area contributed by atoms with Gasteiger partial charge in [-0.2, -0.15) is 0 Å². The first kappa shape index (κ1) is 24.0. The molecule has 0 spiro atoms. The van der Waals surface area contributed by atoms with Crippen LogP contribution >= 0.6 is 11.6 Å². The summed E-state index contributed by atoms with van der Waals surface area (Å²) in [5, 5.41) is 4.56. The number of aromatic nitrogens is 3. The number of carbonyl (C=O) groups is 2. The molecule has 0 atom stereocenters. The van der Waals surface area contributed by atoms with Gasteiger partial charge in [0.15, 0.2) is 5.78 Å². The number of pyridine rings is 2. The molecule has 2 N–H and O–H groups in total. The van der Waals surface area contributed by atoms with Gasteiger partial charge in [0, 0.05) is 74.0 Å². The van der Waals surface area contributed by atoms with Crippen molar-refractivity contribution in [3.63, 3.8) is 0 Å². The number of nitrogens with zero attached hydrogens (tertiary/aromatic N) is 4. The van der Waals surface area contributed by atoms with Crippen molar-refractivity contribution in [2.24, 2.45) is 0 Å². The first-order valence-electron chi connectivity index (χ1n) is 12.0. The Morgan fingerprint density at radius 1 is 1.03 bits per heavy atom. The van der Waals surface area contributed by atoms with E-state index in [9.17, 15) is 9.59 Å². The molecule has 184 valence electrons. The number of halogens is 1. The molecule has 0 unspecified atom stereocenters. The van der Waals surface area contributed by atoms with Gasteiger partial charge >= 0.3 is 0 Å². The molecular formula is C27H27ClN6O2. The van der Waals surface area contributed by atoms with Gasteiger partial charge in [0.05, 0.1) is 17.1 Å². The number of carbonyl (C=O) groups excluding carboxylic acids is 2. The molecular weight excluding hydrogens is 476 g/mol. The first-order valence-corrected chi connectivity index (χ1v) is 12.4. The fraction of sp³-hybridized carbons (Fsp3) is 0.259. The zero-order valence-corrected chi connectivity index (χ0v) is 20.5. The number of piperazine rings is 1. The Labute approximate surface area is 214 Å². The number of amides is 1. The standard InChI is InChI=1S/C27H27ClN6O2/c28-23-17-31-24-16-20(3-4-21(23)24)26(36)22-2-1-8-30-27(22)32-18-25(35)34-14-12-33(13-15-34)11-7-19-5-9-29-10-6-19/h1-6,8-10,16-17,31H,7,11-15,18H2,(H,30,32). The largest absolute Gasteiger partial charge is 0.360 e. The smallest absolute Gasteiger partial charge is 0.242 e. The molecule has 1 fully saturated rings. The van der Waals surface area contributed by atoms with E-state index in [2.05, 4.69) is 25.2 Å². The third-order valence-electron chi connectivity index (χ3n) is 6.54. The minimum Gasteiger partial charge on any atom is -0.360 e. The molecule has 0 aliphatic carbocycles. The Kier molecular flexibility index (Phi) is 7.25. The summed E-state index contributed by atoms with van der Waals surface area (Å²) in [4.78, 5) is 41.8. The molecule has 4 heterocycles. The van der Waals surface area contributed by atoms with E-state index in [0.717, 1.165) is 37.0 Å². The molecule has 1 saturated heterocycles. The molecule has 1 aromatic carbocycles. The van der Waals surface area contributed by atoms with E-state index in [4.69, 9.17) is 11.6 Å². The fourth-order valence-corrected chi connectivity index (χ4v) is 4.66. The zero-order chi connectivity index (χ0) is 24.9. The van der Waals surface area contributed by atoms with Crippen LogP contribution in [0.25, 0.3) is 10.9 Å².